The van der Waals surface area contributed by atoms with Gasteiger partial charge in [0.1, 0.15) is 5.78 Å². The lowest BCUT2D eigenvalue weighted by molar-refractivity contribution is -0.131. The Kier molecular flexibility index (Phi) is 6.60. The Hall–Kier alpha value is 0.0700. The molecule has 1 N–H and O–H groups in total. The molecule has 0 aromatic rings. The smallest absolute Gasteiger partial charge is 0.139 e. The topological polar surface area (TPSA) is 37.3 Å². The number of carbonyl (C=O) groups excluding carboxylic acids is 1. The van der Waals surface area contributed by atoms with Crippen molar-refractivity contribution in [1.82, 2.24) is 0 Å². The van der Waals surface area contributed by atoms with Crippen LogP contribution < -0.4 is 0 Å². The fourth-order valence-electron chi connectivity index (χ4n) is 7.09. The average Bonchev–Trinajstić information content (AvgIpc) is 2.99. The van der Waals surface area contributed by atoms with Gasteiger partial charge in [0, 0.05) is 28.8 Å². The Morgan fingerprint density at radius 1 is 1.14 bits per heavy atom. The Morgan fingerprint density at radius 2 is 2.00 bits per heavy atom. The molecule has 0 amide bonds. The van der Waals surface area contributed by atoms with Gasteiger partial charge in [0.25, 0.3) is 0 Å². The van der Waals surface area contributed by atoms with Crippen LogP contribution in [0.1, 0.15) is 84.5 Å². The van der Waals surface area contributed by atoms with E-state index in [4.69, 9.17) is 0 Å². The van der Waals surface area contributed by atoms with Crippen molar-refractivity contribution < 1.29 is 9.90 Å². The summed E-state index contributed by atoms with van der Waals surface area (Å²) in [6.07, 6.45) is 14.8. The van der Waals surface area contributed by atoms with Gasteiger partial charge in [0.15, 0.2) is 0 Å². The third-order valence-corrected chi connectivity index (χ3v) is 11.4. The number of fused-ring (bicyclic) bond motifs is 5. The van der Waals surface area contributed by atoms with E-state index >= 15 is 0 Å². The summed E-state index contributed by atoms with van der Waals surface area (Å²) < 4.78 is 0. The van der Waals surface area contributed by atoms with Crippen LogP contribution in [0.2, 0.25) is 0 Å². The zero-order chi connectivity index (χ0) is 19.8. The highest BCUT2D eigenvalue weighted by molar-refractivity contribution is 8.76. The van der Waals surface area contributed by atoms with Gasteiger partial charge in [0.05, 0.1) is 6.10 Å². The average molecular weight is 423 g/mol. The van der Waals surface area contributed by atoms with E-state index in [9.17, 15) is 9.90 Å². The third kappa shape index (κ3) is 3.64. The van der Waals surface area contributed by atoms with Gasteiger partial charge in [-0.3, -0.25) is 4.79 Å². The van der Waals surface area contributed by atoms with Crippen LogP contribution in [0.25, 0.3) is 0 Å². The van der Waals surface area contributed by atoms with Crippen LogP contribution in [0.5, 0.6) is 0 Å². The Labute approximate surface area is 179 Å². The second-order valence-electron chi connectivity index (χ2n) is 10.1. The zero-order valence-electron chi connectivity index (χ0n) is 17.8. The Morgan fingerprint density at radius 3 is 2.82 bits per heavy atom. The van der Waals surface area contributed by atoms with Gasteiger partial charge >= 0.3 is 0 Å². The number of rotatable bonds is 7. The summed E-state index contributed by atoms with van der Waals surface area (Å²) in [6.45, 7) is 4.55. The monoisotopic (exact) mass is 422 g/mol. The van der Waals surface area contributed by atoms with Crippen LogP contribution in [-0.2, 0) is 4.79 Å². The minimum atomic E-state index is -0.139. The molecule has 4 heteroatoms. The molecule has 2 nitrogen and oxygen atoms in total. The molecular formula is C24H38O2S2. The highest BCUT2D eigenvalue weighted by atomic mass is 33.1. The number of aliphatic hydroxyl groups excluding tert-OH is 1. The summed E-state index contributed by atoms with van der Waals surface area (Å²) in [6, 6.07) is 0. The van der Waals surface area contributed by atoms with Crippen molar-refractivity contribution in [3.8, 4) is 0 Å². The SMILES string of the molecule is CCCCCSSC[C@]12CC[C@H](O)CC1=CC[C@@H]1[C@@H]2CC[C@]2(C)C(=O)CC[C@@H]12. The molecule has 4 rings (SSSR count). The molecule has 3 saturated carbocycles. The maximum absolute atomic E-state index is 12.7. The van der Waals surface area contributed by atoms with Crippen molar-refractivity contribution in [3.63, 3.8) is 0 Å². The Balaban J connectivity index is 1.52. The molecule has 28 heavy (non-hydrogen) atoms. The van der Waals surface area contributed by atoms with E-state index in [0.717, 1.165) is 50.9 Å². The predicted octanol–water partition coefficient (Wildman–Crippen LogP) is 6.43. The molecule has 6 atom stereocenters. The van der Waals surface area contributed by atoms with E-state index in [1.165, 1.54) is 37.2 Å². The van der Waals surface area contributed by atoms with Gasteiger partial charge in [-0.1, -0.05) is 59.9 Å². The first kappa shape index (κ1) is 21.3. The second kappa shape index (κ2) is 8.67. The van der Waals surface area contributed by atoms with Gasteiger partial charge < -0.3 is 5.11 Å². The summed E-state index contributed by atoms with van der Waals surface area (Å²) in [7, 11) is 4.17. The highest BCUT2D eigenvalue weighted by Crippen LogP contribution is 2.65. The van der Waals surface area contributed by atoms with E-state index < -0.39 is 0 Å². The quantitative estimate of drug-likeness (QED) is 0.291. The molecule has 0 spiro atoms. The molecular weight excluding hydrogens is 384 g/mol. The maximum atomic E-state index is 12.7. The summed E-state index contributed by atoms with van der Waals surface area (Å²) in [5.41, 5.74) is 1.82. The lowest BCUT2D eigenvalue weighted by Crippen LogP contribution is -2.52. The largest absolute Gasteiger partial charge is 0.393 e. The van der Waals surface area contributed by atoms with Gasteiger partial charge in [-0.2, -0.15) is 0 Å². The van der Waals surface area contributed by atoms with Crippen molar-refractivity contribution in [2.75, 3.05) is 11.5 Å². The molecule has 0 aliphatic heterocycles. The molecule has 158 valence electrons. The number of hydrogen-bond acceptors (Lipinski definition) is 4. The number of unbranched alkanes of at least 4 members (excludes halogenated alkanes) is 2. The Bertz CT molecular complexity index is 618. The van der Waals surface area contributed by atoms with Crippen molar-refractivity contribution >= 4 is 27.4 Å². The van der Waals surface area contributed by atoms with Crippen LogP contribution >= 0.6 is 21.6 Å². The second-order valence-corrected chi connectivity index (χ2v) is 12.7. The summed E-state index contributed by atoms with van der Waals surface area (Å²) in [4.78, 5) is 12.7. The molecule has 0 aromatic heterocycles. The summed E-state index contributed by atoms with van der Waals surface area (Å²) in [5, 5.41) is 10.4. The molecule has 3 fully saturated rings. The zero-order valence-corrected chi connectivity index (χ0v) is 19.4. The van der Waals surface area contributed by atoms with Crippen molar-refractivity contribution in [1.29, 1.82) is 0 Å². The first-order chi connectivity index (χ1) is 13.5. The first-order valence-corrected chi connectivity index (χ1v) is 14.2. The molecule has 4 aliphatic carbocycles. The van der Waals surface area contributed by atoms with Crippen LogP contribution in [0.3, 0.4) is 0 Å². The molecule has 0 aromatic carbocycles. The number of hydrogen-bond donors (Lipinski definition) is 1. The number of carbonyl (C=O) groups is 1. The van der Waals surface area contributed by atoms with E-state index in [1.807, 2.05) is 0 Å². The van der Waals surface area contributed by atoms with E-state index in [-0.39, 0.29) is 16.9 Å². The van der Waals surface area contributed by atoms with Crippen molar-refractivity contribution in [2.45, 2.75) is 90.6 Å². The third-order valence-electron chi connectivity index (χ3n) is 8.74. The van der Waals surface area contributed by atoms with Gasteiger partial charge in [-0.15, -0.1) is 0 Å². The molecule has 0 bridgehead atoms. The maximum Gasteiger partial charge on any atom is 0.139 e. The van der Waals surface area contributed by atoms with E-state index in [0.29, 0.717) is 17.6 Å². The van der Waals surface area contributed by atoms with Crippen LogP contribution in [-0.4, -0.2) is 28.5 Å². The molecule has 0 saturated heterocycles. The summed E-state index contributed by atoms with van der Waals surface area (Å²) in [5.74, 6) is 5.03. The van der Waals surface area contributed by atoms with E-state index in [1.54, 1.807) is 5.57 Å². The summed E-state index contributed by atoms with van der Waals surface area (Å²) >= 11 is 0. The fraction of sp³-hybridized carbons (Fsp3) is 0.875. The molecule has 4 aliphatic rings. The van der Waals surface area contributed by atoms with Crippen LogP contribution in [0.4, 0.5) is 0 Å². The number of aliphatic hydroxyl groups is 1. The van der Waals surface area contributed by atoms with Gasteiger partial charge in [-0.25, -0.2) is 0 Å². The van der Waals surface area contributed by atoms with Gasteiger partial charge in [0.2, 0.25) is 0 Å². The predicted molar refractivity (Wildman–Crippen MR) is 121 cm³/mol. The van der Waals surface area contributed by atoms with Crippen LogP contribution in [0.15, 0.2) is 11.6 Å². The molecule has 0 radical (unpaired) electrons. The highest BCUT2D eigenvalue weighted by Gasteiger charge is 2.59. The minimum absolute atomic E-state index is 0.0378. The van der Waals surface area contributed by atoms with Crippen molar-refractivity contribution in [2.24, 2.45) is 28.6 Å². The minimum Gasteiger partial charge on any atom is -0.393 e. The number of Topliss-reactive ketones (excluding diaryl/α,β-unsaturated/α-hetero) is 1. The normalized spacial score (nSPS) is 42.5. The lowest BCUT2D eigenvalue weighted by atomic mass is 9.48. The van der Waals surface area contributed by atoms with Gasteiger partial charge in [-0.05, 0) is 69.1 Å². The number of allylic oxidation sites excluding steroid dienone is 1. The lowest BCUT2D eigenvalue weighted by Gasteiger charge is -2.57. The molecule has 0 unspecified atom stereocenters. The first-order valence-electron chi connectivity index (χ1n) is 11.7. The van der Waals surface area contributed by atoms with Crippen LogP contribution in [0, 0.1) is 28.6 Å². The standard InChI is InChI=1S/C24H38O2S2/c1-3-4-5-14-27-28-16-24-13-10-18(25)15-17(24)6-7-19-20-8-9-22(26)23(20,2)12-11-21(19)24/h6,18-21,25H,3-5,7-16H2,1-2H3/t18-,19-,20-,21-,23-,24+/m0/s1. The molecule has 0 heterocycles. The van der Waals surface area contributed by atoms with E-state index in [2.05, 4.69) is 41.5 Å². The number of ketones is 1. The fourth-order valence-corrected chi connectivity index (χ4v) is 9.96. The van der Waals surface area contributed by atoms with Crippen molar-refractivity contribution in [3.05, 3.63) is 11.6 Å².